The van der Waals surface area contributed by atoms with E-state index in [0.717, 1.165) is 17.9 Å². The molecule has 0 spiro atoms. The Kier molecular flexibility index (Phi) is 4.13. The highest BCUT2D eigenvalue weighted by Gasteiger charge is 2.04. The van der Waals surface area contributed by atoms with Crippen LogP contribution in [0.1, 0.15) is 12.0 Å². The fraction of sp³-hybridized carbons (Fsp3) is 0.214. The third kappa shape index (κ3) is 3.05. The molecule has 0 saturated heterocycles. The first-order valence-corrected chi connectivity index (χ1v) is 6.08. The molecule has 2 aromatic rings. The summed E-state index contributed by atoms with van der Waals surface area (Å²) in [4.78, 5) is 4.17. The maximum absolute atomic E-state index is 5.89. The van der Waals surface area contributed by atoms with E-state index in [2.05, 4.69) is 4.98 Å². The molecule has 1 heterocycles. The minimum atomic E-state index is 0.703. The Morgan fingerprint density at radius 2 is 1.88 bits per heavy atom. The van der Waals surface area contributed by atoms with Crippen molar-refractivity contribution in [2.24, 2.45) is 5.73 Å². The predicted molar refractivity (Wildman–Crippen MR) is 72.1 cm³/mol. The van der Waals surface area contributed by atoms with Gasteiger partial charge in [-0.3, -0.25) is 4.98 Å². The van der Waals surface area contributed by atoms with E-state index in [1.165, 1.54) is 16.7 Å². The number of hydrogen-bond acceptors (Lipinski definition) is 2. The molecular formula is C14H15ClN2. The van der Waals surface area contributed by atoms with Crippen LogP contribution in [0.25, 0.3) is 11.1 Å². The second-order valence-corrected chi connectivity index (χ2v) is 4.37. The van der Waals surface area contributed by atoms with Crippen molar-refractivity contribution in [2.75, 3.05) is 6.54 Å². The van der Waals surface area contributed by atoms with Crippen LogP contribution < -0.4 is 5.73 Å². The lowest BCUT2D eigenvalue weighted by Crippen LogP contribution is -2.01. The van der Waals surface area contributed by atoms with Gasteiger partial charge in [0.15, 0.2) is 0 Å². The van der Waals surface area contributed by atoms with Crippen LogP contribution in [0.15, 0.2) is 42.7 Å². The van der Waals surface area contributed by atoms with Crippen molar-refractivity contribution >= 4 is 11.6 Å². The number of pyridine rings is 1. The Bertz CT molecular complexity index is 480. The minimum absolute atomic E-state index is 0.703. The largest absolute Gasteiger partial charge is 0.330 e. The molecule has 0 fully saturated rings. The van der Waals surface area contributed by atoms with Gasteiger partial charge in [-0.2, -0.15) is 0 Å². The summed E-state index contributed by atoms with van der Waals surface area (Å²) >= 11 is 5.89. The molecule has 0 saturated carbocycles. The van der Waals surface area contributed by atoms with Gasteiger partial charge in [0.1, 0.15) is 0 Å². The molecule has 0 aliphatic heterocycles. The topological polar surface area (TPSA) is 38.9 Å². The third-order valence-corrected chi connectivity index (χ3v) is 2.96. The Morgan fingerprint density at radius 3 is 2.59 bits per heavy atom. The van der Waals surface area contributed by atoms with Crippen molar-refractivity contribution in [1.82, 2.24) is 4.98 Å². The molecule has 0 aliphatic rings. The summed E-state index contributed by atoms with van der Waals surface area (Å²) in [6.07, 6.45) is 5.67. The summed E-state index contributed by atoms with van der Waals surface area (Å²) in [5.41, 5.74) is 9.17. The number of aryl methyl sites for hydroxylation is 1. The van der Waals surface area contributed by atoms with Crippen LogP contribution in [0.3, 0.4) is 0 Å². The number of halogens is 1. The number of benzene rings is 1. The van der Waals surface area contributed by atoms with Gasteiger partial charge in [0, 0.05) is 17.4 Å². The number of nitrogens with zero attached hydrogens (tertiary/aromatic N) is 1. The van der Waals surface area contributed by atoms with E-state index < -0.39 is 0 Å². The van der Waals surface area contributed by atoms with Crippen LogP contribution in [0, 0.1) is 0 Å². The van der Waals surface area contributed by atoms with Crippen LogP contribution >= 0.6 is 11.6 Å². The average molecular weight is 247 g/mol. The molecule has 0 unspecified atom stereocenters. The molecule has 2 nitrogen and oxygen atoms in total. The van der Waals surface area contributed by atoms with Gasteiger partial charge in [-0.15, -0.1) is 0 Å². The SMILES string of the molecule is NCCCc1cnccc1-c1ccc(Cl)cc1. The first-order valence-electron chi connectivity index (χ1n) is 5.70. The second-order valence-electron chi connectivity index (χ2n) is 3.93. The maximum Gasteiger partial charge on any atom is 0.0406 e. The fourth-order valence-electron chi connectivity index (χ4n) is 1.83. The predicted octanol–water partition coefficient (Wildman–Crippen LogP) is 3.29. The molecule has 2 N–H and O–H groups in total. The lowest BCUT2D eigenvalue weighted by Gasteiger charge is -2.08. The Balaban J connectivity index is 2.33. The number of hydrogen-bond donors (Lipinski definition) is 1. The van der Waals surface area contributed by atoms with Crippen LogP contribution in [0.4, 0.5) is 0 Å². The molecule has 2 rings (SSSR count). The van der Waals surface area contributed by atoms with Crippen LogP contribution in [-0.4, -0.2) is 11.5 Å². The first kappa shape index (κ1) is 12.1. The van der Waals surface area contributed by atoms with Gasteiger partial charge in [0.25, 0.3) is 0 Å². The second kappa shape index (κ2) is 5.80. The van der Waals surface area contributed by atoms with Crippen LogP contribution in [0.2, 0.25) is 5.02 Å². The highest BCUT2D eigenvalue weighted by molar-refractivity contribution is 6.30. The zero-order chi connectivity index (χ0) is 12.1. The molecule has 17 heavy (non-hydrogen) atoms. The van der Waals surface area contributed by atoms with E-state index in [1.54, 1.807) is 0 Å². The Morgan fingerprint density at radius 1 is 1.12 bits per heavy atom. The lowest BCUT2D eigenvalue weighted by molar-refractivity contribution is 0.830. The minimum Gasteiger partial charge on any atom is -0.330 e. The summed E-state index contributed by atoms with van der Waals surface area (Å²) in [6, 6.07) is 9.91. The van der Waals surface area contributed by atoms with E-state index >= 15 is 0 Å². The normalized spacial score (nSPS) is 10.5. The van der Waals surface area contributed by atoms with Crippen molar-refractivity contribution in [3.63, 3.8) is 0 Å². The van der Waals surface area contributed by atoms with Gasteiger partial charge in [-0.05, 0) is 54.3 Å². The van der Waals surface area contributed by atoms with Crippen molar-refractivity contribution in [3.05, 3.63) is 53.3 Å². The molecule has 0 atom stereocenters. The monoisotopic (exact) mass is 246 g/mol. The zero-order valence-electron chi connectivity index (χ0n) is 9.57. The summed E-state index contributed by atoms with van der Waals surface area (Å²) in [5.74, 6) is 0. The summed E-state index contributed by atoms with van der Waals surface area (Å²) in [6.45, 7) is 0.703. The molecule has 3 heteroatoms. The first-order chi connectivity index (χ1) is 8.31. The molecule has 1 aromatic carbocycles. The molecule has 0 aliphatic carbocycles. The standard InChI is InChI=1S/C14H15ClN2/c15-13-5-3-11(4-6-13)14-7-9-17-10-12(14)2-1-8-16/h3-7,9-10H,1-2,8,16H2. The summed E-state index contributed by atoms with van der Waals surface area (Å²) in [7, 11) is 0. The summed E-state index contributed by atoms with van der Waals surface area (Å²) in [5, 5.41) is 0.756. The zero-order valence-corrected chi connectivity index (χ0v) is 10.3. The quantitative estimate of drug-likeness (QED) is 0.899. The number of aromatic nitrogens is 1. The van der Waals surface area contributed by atoms with Crippen molar-refractivity contribution in [2.45, 2.75) is 12.8 Å². The Labute approximate surface area is 106 Å². The van der Waals surface area contributed by atoms with Crippen LogP contribution in [0.5, 0.6) is 0 Å². The number of nitrogens with two attached hydrogens (primary N) is 1. The number of rotatable bonds is 4. The van der Waals surface area contributed by atoms with Gasteiger partial charge in [0.2, 0.25) is 0 Å². The highest BCUT2D eigenvalue weighted by Crippen LogP contribution is 2.25. The lowest BCUT2D eigenvalue weighted by atomic mass is 9.99. The van der Waals surface area contributed by atoms with Gasteiger partial charge < -0.3 is 5.73 Å². The Hall–Kier alpha value is -1.38. The van der Waals surface area contributed by atoms with Gasteiger partial charge >= 0.3 is 0 Å². The van der Waals surface area contributed by atoms with E-state index in [1.807, 2.05) is 42.7 Å². The van der Waals surface area contributed by atoms with Gasteiger partial charge in [-0.1, -0.05) is 23.7 Å². The maximum atomic E-state index is 5.89. The fourth-order valence-corrected chi connectivity index (χ4v) is 1.96. The van der Waals surface area contributed by atoms with E-state index in [0.29, 0.717) is 6.54 Å². The van der Waals surface area contributed by atoms with Crippen LogP contribution in [-0.2, 0) is 6.42 Å². The van der Waals surface area contributed by atoms with E-state index in [9.17, 15) is 0 Å². The third-order valence-electron chi connectivity index (χ3n) is 2.71. The average Bonchev–Trinajstić information content (AvgIpc) is 2.38. The smallest absolute Gasteiger partial charge is 0.0406 e. The van der Waals surface area contributed by atoms with Gasteiger partial charge in [-0.25, -0.2) is 0 Å². The van der Waals surface area contributed by atoms with Gasteiger partial charge in [0.05, 0.1) is 0 Å². The van der Waals surface area contributed by atoms with Crippen molar-refractivity contribution < 1.29 is 0 Å². The van der Waals surface area contributed by atoms with E-state index in [4.69, 9.17) is 17.3 Å². The molecule has 1 aromatic heterocycles. The van der Waals surface area contributed by atoms with Crippen molar-refractivity contribution in [1.29, 1.82) is 0 Å². The molecular weight excluding hydrogens is 232 g/mol. The highest BCUT2D eigenvalue weighted by atomic mass is 35.5. The molecule has 0 amide bonds. The van der Waals surface area contributed by atoms with E-state index in [-0.39, 0.29) is 0 Å². The molecule has 0 radical (unpaired) electrons. The molecule has 0 bridgehead atoms. The van der Waals surface area contributed by atoms with Crippen molar-refractivity contribution in [3.8, 4) is 11.1 Å². The summed E-state index contributed by atoms with van der Waals surface area (Å²) < 4.78 is 0. The molecule has 88 valence electrons.